The van der Waals surface area contributed by atoms with Crippen molar-refractivity contribution in [1.29, 1.82) is 0 Å². The summed E-state index contributed by atoms with van der Waals surface area (Å²) >= 11 is 1.65. The maximum atomic E-state index is 14.8. The van der Waals surface area contributed by atoms with E-state index in [4.69, 9.17) is 9.47 Å². The highest BCUT2D eigenvalue weighted by atomic mass is 127. The smallest absolute Gasteiger partial charge is 0.315 e. The van der Waals surface area contributed by atoms with E-state index in [1.165, 1.54) is 12.1 Å². The summed E-state index contributed by atoms with van der Waals surface area (Å²) in [5, 5.41) is 11.1. The van der Waals surface area contributed by atoms with Gasteiger partial charge in [0.05, 0.1) is 22.7 Å². The number of benzene rings is 3. The number of aromatic carboxylic acids is 1. The van der Waals surface area contributed by atoms with Crippen molar-refractivity contribution >= 4 is 50.6 Å². The van der Waals surface area contributed by atoms with Gasteiger partial charge in [-0.05, 0) is 82.0 Å². The molecule has 6 unspecified atom stereocenters. The third kappa shape index (κ3) is 5.17. The molecular formula is C31H20FIO9S-2. The minimum atomic E-state index is -4.75. The summed E-state index contributed by atoms with van der Waals surface area (Å²) in [7, 11) is -4.75. The first kappa shape index (κ1) is 29.2. The first-order valence-electron chi connectivity index (χ1n) is 13.1. The molecule has 9 nitrogen and oxygen atoms in total. The van der Waals surface area contributed by atoms with E-state index in [-0.39, 0.29) is 21.2 Å². The number of hydrogen-bond donors (Lipinski definition) is 0. The zero-order valence-corrected chi connectivity index (χ0v) is 24.9. The Morgan fingerprint density at radius 1 is 0.814 bits per heavy atom. The van der Waals surface area contributed by atoms with Gasteiger partial charge in [0.25, 0.3) is 0 Å². The van der Waals surface area contributed by atoms with Crippen LogP contribution >= 0.6 is 22.6 Å². The van der Waals surface area contributed by atoms with Crippen molar-refractivity contribution in [3.63, 3.8) is 0 Å². The van der Waals surface area contributed by atoms with Gasteiger partial charge in [0.1, 0.15) is 15.9 Å². The predicted molar refractivity (Wildman–Crippen MR) is 153 cm³/mol. The molecule has 0 N–H and O–H groups in total. The summed E-state index contributed by atoms with van der Waals surface area (Å²) in [6.45, 7) is 0. The van der Waals surface area contributed by atoms with Crippen LogP contribution in [-0.4, -0.2) is 30.9 Å². The van der Waals surface area contributed by atoms with E-state index in [1.54, 1.807) is 22.6 Å². The first-order valence-corrected chi connectivity index (χ1v) is 15.6. The predicted octanol–water partition coefficient (Wildman–Crippen LogP) is 3.69. The van der Waals surface area contributed by atoms with Crippen molar-refractivity contribution < 1.29 is 46.3 Å². The van der Waals surface area contributed by atoms with Crippen LogP contribution in [0.1, 0.15) is 33.3 Å². The highest BCUT2D eigenvalue weighted by Crippen LogP contribution is 2.62. The lowest BCUT2D eigenvalue weighted by Crippen LogP contribution is -2.54. The minimum absolute atomic E-state index is 0.0248. The van der Waals surface area contributed by atoms with Gasteiger partial charge in [-0.3, -0.25) is 9.59 Å². The Balaban J connectivity index is 1.41. The molecular weight excluding hydrogens is 694 g/mol. The van der Waals surface area contributed by atoms with Gasteiger partial charge in [0, 0.05) is 21.0 Å². The van der Waals surface area contributed by atoms with E-state index in [0.29, 0.717) is 6.07 Å². The average Bonchev–Trinajstić information content (AvgIpc) is 2.97. The van der Waals surface area contributed by atoms with Crippen molar-refractivity contribution in [2.45, 2.75) is 16.7 Å². The van der Waals surface area contributed by atoms with Crippen LogP contribution in [-0.2, 0) is 19.7 Å². The molecule has 0 heterocycles. The molecule has 220 valence electrons. The normalized spacial score (nSPS) is 25.0. The number of rotatable bonds is 6. The van der Waals surface area contributed by atoms with Crippen LogP contribution in [0.25, 0.3) is 0 Å². The Morgan fingerprint density at radius 3 is 1.91 bits per heavy atom. The molecule has 6 atom stereocenters. The second-order valence-electron chi connectivity index (χ2n) is 10.5. The van der Waals surface area contributed by atoms with E-state index in [1.807, 2.05) is 48.6 Å². The third-order valence-electron chi connectivity index (χ3n) is 8.24. The number of carbonyl (C=O) groups is 3. The van der Waals surface area contributed by atoms with Crippen molar-refractivity contribution in [3.8, 4) is 11.5 Å². The fourth-order valence-electron chi connectivity index (χ4n) is 6.61. The summed E-state index contributed by atoms with van der Waals surface area (Å²) in [4.78, 5) is 38.6. The van der Waals surface area contributed by atoms with Crippen molar-refractivity contribution in [2.75, 3.05) is 0 Å². The summed E-state index contributed by atoms with van der Waals surface area (Å²) in [5.41, 5.74) is 1.29. The van der Waals surface area contributed by atoms with Gasteiger partial charge in [0.2, 0.25) is 0 Å². The molecule has 43 heavy (non-hydrogen) atoms. The van der Waals surface area contributed by atoms with Gasteiger partial charge < -0.3 is 23.9 Å². The molecule has 2 bridgehead atoms. The monoisotopic (exact) mass is 714 g/mol. The number of allylic oxidation sites excluding steroid dienone is 4. The SMILES string of the molecule is O=C([O-])c1ccc(OC(=O)C2C(C(=O)Oc3ccc(S(=O)(=O)[O-])c(I)c3)C3c4ccccc4C2C2C=CC=CC23)c(F)c1. The highest BCUT2D eigenvalue weighted by Gasteiger charge is 2.61. The molecule has 0 radical (unpaired) electrons. The number of esters is 2. The van der Waals surface area contributed by atoms with Gasteiger partial charge in [-0.25, -0.2) is 12.8 Å². The average molecular weight is 714 g/mol. The topological polar surface area (TPSA) is 150 Å². The summed E-state index contributed by atoms with van der Waals surface area (Å²) in [6, 6.07) is 13.7. The molecule has 4 aliphatic carbocycles. The van der Waals surface area contributed by atoms with E-state index in [0.717, 1.165) is 29.3 Å². The van der Waals surface area contributed by atoms with Gasteiger partial charge in [-0.2, -0.15) is 0 Å². The number of carbonyl (C=O) groups excluding carboxylic acids is 3. The molecule has 7 rings (SSSR count). The molecule has 3 aromatic carbocycles. The van der Waals surface area contributed by atoms with Crippen LogP contribution in [0, 0.1) is 33.1 Å². The first-order chi connectivity index (χ1) is 20.5. The molecule has 0 spiro atoms. The van der Waals surface area contributed by atoms with Crippen molar-refractivity contribution in [1.82, 2.24) is 0 Å². The zero-order chi connectivity index (χ0) is 30.6. The van der Waals surface area contributed by atoms with E-state index >= 15 is 0 Å². The Hall–Kier alpha value is -3.88. The van der Waals surface area contributed by atoms with Gasteiger partial charge in [-0.1, -0.05) is 48.6 Å². The Kier molecular flexibility index (Phi) is 7.47. The van der Waals surface area contributed by atoms with Crippen LogP contribution in [0.2, 0.25) is 0 Å². The fraction of sp³-hybridized carbons (Fsp3) is 0.194. The molecule has 1 saturated carbocycles. The van der Waals surface area contributed by atoms with Crippen LogP contribution in [0.15, 0.2) is 89.9 Å². The molecule has 4 aliphatic rings. The summed E-state index contributed by atoms with van der Waals surface area (Å²) in [5.74, 6) is -8.51. The molecule has 0 aliphatic heterocycles. The number of carboxylic acid groups (broad SMARTS) is 1. The van der Waals surface area contributed by atoms with Gasteiger partial charge >= 0.3 is 11.9 Å². The van der Waals surface area contributed by atoms with E-state index < -0.39 is 73.7 Å². The molecule has 0 saturated heterocycles. The maximum Gasteiger partial charge on any atom is 0.315 e. The largest absolute Gasteiger partial charge is 0.744 e. The number of carboxylic acids is 1. The maximum absolute atomic E-state index is 14.8. The molecule has 0 aromatic heterocycles. The fourth-order valence-corrected chi connectivity index (χ4v) is 8.44. The summed E-state index contributed by atoms with van der Waals surface area (Å²) < 4.78 is 60.6. The minimum Gasteiger partial charge on any atom is -0.744 e. The van der Waals surface area contributed by atoms with Gasteiger partial charge in [-0.15, -0.1) is 0 Å². The Labute approximate surface area is 258 Å². The van der Waals surface area contributed by atoms with Crippen LogP contribution in [0.3, 0.4) is 0 Å². The molecule has 1 fully saturated rings. The van der Waals surface area contributed by atoms with E-state index in [2.05, 4.69) is 0 Å². The quantitative estimate of drug-likeness (QED) is 0.161. The van der Waals surface area contributed by atoms with Gasteiger partial charge in [0.15, 0.2) is 11.6 Å². The standard InChI is InChI=1S/C31H22FIO9S/c32-21-13-15(29(34)35)9-11-23(21)42-31(37)28-26-19-7-3-1-5-17(19)25(18-6-2-4-8-20(18)26)27(28)30(36)41-16-10-12-24(22(33)14-16)43(38,39)40/h1-14,17,19,25-28H,(H,34,35)(H,38,39,40)/p-2. The Bertz CT molecular complexity index is 1850. The Morgan fingerprint density at radius 2 is 1.40 bits per heavy atom. The van der Waals surface area contributed by atoms with Crippen LogP contribution < -0.4 is 14.6 Å². The molecule has 12 heteroatoms. The van der Waals surface area contributed by atoms with E-state index in [9.17, 15) is 36.9 Å². The number of ether oxygens (including phenoxy) is 2. The molecule has 3 aromatic rings. The summed E-state index contributed by atoms with van der Waals surface area (Å²) in [6.07, 6.45) is 7.69. The number of halogens is 2. The lowest BCUT2D eigenvalue weighted by molar-refractivity contribution is -0.255. The molecule has 0 amide bonds. The lowest BCUT2D eigenvalue weighted by atomic mass is 9.48. The third-order valence-corrected chi connectivity index (χ3v) is 10.4. The number of hydrogen-bond acceptors (Lipinski definition) is 9. The van der Waals surface area contributed by atoms with Crippen LogP contribution in [0.4, 0.5) is 4.39 Å². The second kappa shape index (κ2) is 11.0. The highest BCUT2D eigenvalue weighted by molar-refractivity contribution is 14.1. The zero-order valence-electron chi connectivity index (χ0n) is 21.9. The lowest BCUT2D eigenvalue weighted by Gasteiger charge is -2.54. The van der Waals surface area contributed by atoms with Crippen LogP contribution in [0.5, 0.6) is 11.5 Å². The van der Waals surface area contributed by atoms with Crippen molar-refractivity contribution in [3.05, 3.63) is 111 Å². The number of fused-ring (bicyclic) bond motifs is 1. The second-order valence-corrected chi connectivity index (χ2v) is 13.0. The van der Waals surface area contributed by atoms with Crippen molar-refractivity contribution in [2.24, 2.45) is 23.7 Å².